The fourth-order valence-corrected chi connectivity index (χ4v) is 2.27. The van der Waals surface area contributed by atoms with Crippen LogP contribution in [0.4, 0.5) is 0 Å². The molecule has 16 heavy (non-hydrogen) atoms. The predicted molar refractivity (Wildman–Crippen MR) is 71.9 cm³/mol. The maximum atomic E-state index is 2.48. The maximum absolute atomic E-state index is 2.48. The first kappa shape index (κ1) is 13.3. The van der Waals surface area contributed by atoms with Crippen LogP contribution in [0.1, 0.15) is 71.0 Å². The van der Waals surface area contributed by atoms with Gasteiger partial charge in [0.2, 0.25) is 0 Å². The number of rotatable bonds is 8. The van der Waals surface area contributed by atoms with Crippen molar-refractivity contribution in [2.45, 2.75) is 71.8 Å². The van der Waals surface area contributed by atoms with Crippen LogP contribution in [0.2, 0.25) is 0 Å². The molecule has 0 amide bonds. The molecule has 0 fully saturated rings. The maximum Gasteiger partial charge on any atom is 0.0305 e. The average Bonchev–Trinajstić information content (AvgIpc) is 2.74. The Morgan fingerprint density at radius 1 is 1.12 bits per heavy atom. The molecule has 1 nitrogen and oxygen atoms in total. The molecule has 1 heteroatoms. The summed E-state index contributed by atoms with van der Waals surface area (Å²) >= 11 is 0. The quantitative estimate of drug-likeness (QED) is 0.546. The van der Waals surface area contributed by atoms with Gasteiger partial charge in [-0.15, -0.1) is 0 Å². The molecule has 1 unspecified atom stereocenters. The van der Waals surface area contributed by atoms with E-state index in [1.54, 1.807) is 0 Å². The van der Waals surface area contributed by atoms with Crippen LogP contribution in [-0.2, 0) is 6.42 Å². The topological polar surface area (TPSA) is 4.93 Å². The number of aryl methyl sites for hydroxylation is 1. The lowest BCUT2D eigenvalue weighted by atomic mass is 10.1. The van der Waals surface area contributed by atoms with E-state index in [-0.39, 0.29) is 0 Å². The number of unbranched alkanes of at least 4 members (excludes halogenated alkanes) is 3. The summed E-state index contributed by atoms with van der Waals surface area (Å²) in [5.74, 6) is 0. The minimum atomic E-state index is 0.673. The highest BCUT2D eigenvalue weighted by Gasteiger charge is 2.07. The highest BCUT2D eigenvalue weighted by Crippen LogP contribution is 2.19. The molecule has 0 spiro atoms. The Morgan fingerprint density at radius 3 is 2.56 bits per heavy atom. The second-order valence-corrected chi connectivity index (χ2v) is 4.86. The van der Waals surface area contributed by atoms with Gasteiger partial charge in [-0.05, 0) is 38.3 Å². The second kappa shape index (κ2) is 7.54. The van der Waals surface area contributed by atoms with Crippen LogP contribution in [0.15, 0.2) is 18.3 Å². The third-order valence-corrected chi connectivity index (χ3v) is 3.35. The lowest BCUT2D eigenvalue weighted by molar-refractivity contribution is 0.470. The zero-order valence-electron chi connectivity index (χ0n) is 11.2. The third kappa shape index (κ3) is 4.03. The van der Waals surface area contributed by atoms with Crippen LogP contribution in [0.5, 0.6) is 0 Å². The first-order valence-electron chi connectivity index (χ1n) is 6.95. The minimum absolute atomic E-state index is 0.673. The molecule has 0 aromatic carbocycles. The fraction of sp³-hybridized carbons (Fsp3) is 0.733. The molecule has 92 valence electrons. The largest absolute Gasteiger partial charge is 0.349 e. The van der Waals surface area contributed by atoms with Crippen LogP contribution in [-0.4, -0.2) is 4.57 Å². The van der Waals surface area contributed by atoms with E-state index in [1.165, 1.54) is 50.6 Å². The molecule has 0 radical (unpaired) electrons. The molecule has 0 aliphatic heterocycles. The first-order chi connectivity index (χ1) is 7.79. The van der Waals surface area contributed by atoms with Crippen LogP contribution in [0.25, 0.3) is 0 Å². The van der Waals surface area contributed by atoms with E-state index in [4.69, 9.17) is 0 Å². The molecule has 0 N–H and O–H groups in total. The second-order valence-electron chi connectivity index (χ2n) is 4.86. The Hall–Kier alpha value is -0.720. The van der Waals surface area contributed by atoms with E-state index in [9.17, 15) is 0 Å². The van der Waals surface area contributed by atoms with Crippen molar-refractivity contribution in [1.82, 2.24) is 4.57 Å². The summed E-state index contributed by atoms with van der Waals surface area (Å²) in [7, 11) is 0. The van der Waals surface area contributed by atoms with Crippen molar-refractivity contribution in [3.05, 3.63) is 24.0 Å². The Labute approximate surface area is 101 Å². The Balaban J connectivity index is 2.48. The van der Waals surface area contributed by atoms with Gasteiger partial charge < -0.3 is 4.57 Å². The Kier molecular flexibility index (Phi) is 6.29. The summed E-state index contributed by atoms with van der Waals surface area (Å²) in [6.07, 6.45) is 11.5. The smallest absolute Gasteiger partial charge is 0.0305 e. The Bertz CT molecular complexity index is 275. The van der Waals surface area contributed by atoms with Crippen LogP contribution >= 0.6 is 0 Å². The number of nitrogens with zero attached hydrogens (tertiary/aromatic N) is 1. The molecule has 1 aromatic heterocycles. The van der Waals surface area contributed by atoms with E-state index in [0.29, 0.717) is 6.04 Å². The molecule has 0 saturated heterocycles. The molecular formula is C15H27N. The van der Waals surface area contributed by atoms with Crippen LogP contribution < -0.4 is 0 Å². The summed E-state index contributed by atoms with van der Waals surface area (Å²) in [6, 6.07) is 5.16. The fourth-order valence-electron chi connectivity index (χ4n) is 2.27. The lowest BCUT2D eigenvalue weighted by Crippen LogP contribution is -2.07. The summed E-state index contributed by atoms with van der Waals surface area (Å²) in [6.45, 7) is 6.88. The van der Waals surface area contributed by atoms with Gasteiger partial charge in [-0.25, -0.2) is 0 Å². The molecule has 0 aliphatic carbocycles. The lowest BCUT2D eigenvalue weighted by Gasteiger charge is -2.17. The summed E-state index contributed by atoms with van der Waals surface area (Å²) < 4.78 is 2.48. The zero-order chi connectivity index (χ0) is 11.8. The molecule has 0 aliphatic rings. The summed E-state index contributed by atoms with van der Waals surface area (Å²) in [5.41, 5.74) is 1.53. The van der Waals surface area contributed by atoms with Gasteiger partial charge in [-0.3, -0.25) is 0 Å². The Morgan fingerprint density at radius 2 is 1.88 bits per heavy atom. The summed E-state index contributed by atoms with van der Waals surface area (Å²) in [4.78, 5) is 0. The SMILES string of the molecule is CCCCCc1cccn1C(C)CCCC. The van der Waals surface area contributed by atoms with Crippen LogP contribution in [0.3, 0.4) is 0 Å². The van der Waals surface area contributed by atoms with Crippen molar-refractivity contribution in [3.8, 4) is 0 Å². The standard InChI is InChI=1S/C15H27N/c1-4-6-8-11-15-12-9-13-16(15)14(3)10-7-5-2/h9,12-14H,4-8,10-11H2,1-3H3. The molecule has 1 atom stereocenters. The van der Waals surface area contributed by atoms with Gasteiger partial charge in [0.25, 0.3) is 0 Å². The van der Waals surface area contributed by atoms with Gasteiger partial charge in [0.15, 0.2) is 0 Å². The van der Waals surface area contributed by atoms with Crippen molar-refractivity contribution in [2.24, 2.45) is 0 Å². The minimum Gasteiger partial charge on any atom is -0.349 e. The van der Waals surface area contributed by atoms with Gasteiger partial charge in [-0.1, -0.05) is 39.5 Å². The number of aromatic nitrogens is 1. The van der Waals surface area contributed by atoms with Gasteiger partial charge in [0, 0.05) is 17.9 Å². The summed E-state index contributed by atoms with van der Waals surface area (Å²) in [5, 5.41) is 0. The number of hydrogen-bond acceptors (Lipinski definition) is 0. The first-order valence-corrected chi connectivity index (χ1v) is 6.95. The van der Waals surface area contributed by atoms with Crippen LogP contribution in [0, 0.1) is 0 Å². The van der Waals surface area contributed by atoms with E-state index in [2.05, 4.69) is 43.7 Å². The third-order valence-electron chi connectivity index (χ3n) is 3.35. The van der Waals surface area contributed by atoms with Gasteiger partial charge in [0.05, 0.1) is 0 Å². The number of hydrogen-bond donors (Lipinski definition) is 0. The van der Waals surface area contributed by atoms with Gasteiger partial charge in [-0.2, -0.15) is 0 Å². The van der Waals surface area contributed by atoms with Crippen molar-refractivity contribution in [1.29, 1.82) is 0 Å². The molecular weight excluding hydrogens is 194 g/mol. The normalized spacial score (nSPS) is 12.9. The van der Waals surface area contributed by atoms with Crippen molar-refractivity contribution in [2.75, 3.05) is 0 Å². The van der Waals surface area contributed by atoms with E-state index in [0.717, 1.165) is 0 Å². The highest BCUT2D eigenvalue weighted by molar-refractivity contribution is 5.08. The molecule has 1 heterocycles. The molecule has 1 rings (SSSR count). The molecule has 1 aromatic rings. The van der Waals surface area contributed by atoms with E-state index < -0.39 is 0 Å². The molecule has 0 saturated carbocycles. The van der Waals surface area contributed by atoms with Gasteiger partial charge in [0.1, 0.15) is 0 Å². The molecule has 0 bridgehead atoms. The predicted octanol–water partition coefficient (Wildman–Crippen LogP) is 4.97. The van der Waals surface area contributed by atoms with E-state index >= 15 is 0 Å². The van der Waals surface area contributed by atoms with Crippen molar-refractivity contribution in [3.63, 3.8) is 0 Å². The zero-order valence-corrected chi connectivity index (χ0v) is 11.2. The van der Waals surface area contributed by atoms with E-state index in [1.807, 2.05) is 0 Å². The van der Waals surface area contributed by atoms with Crippen molar-refractivity contribution < 1.29 is 0 Å². The monoisotopic (exact) mass is 221 g/mol. The van der Waals surface area contributed by atoms with Gasteiger partial charge >= 0.3 is 0 Å². The highest BCUT2D eigenvalue weighted by atomic mass is 15.0. The van der Waals surface area contributed by atoms with Crippen molar-refractivity contribution >= 4 is 0 Å². The average molecular weight is 221 g/mol.